The number of rotatable bonds is 4. The van der Waals surface area contributed by atoms with E-state index in [9.17, 15) is 14.4 Å². The molecule has 0 saturated heterocycles. The lowest BCUT2D eigenvalue weighted by atomic mass is 10.1. The Kier molecular flexibility index (Phi) is 5.13. The third-order valence-corrected chi connectivity index (χ3v) is 4.15. The predicted octanol–water partition coefficient (Wildman–Crippen LogP) is 2.93. The van der Waals surface area contributed by atoms with Gasteiger partial charge in [0.1, 0.15) is 0 Å². The van der Waals surface area contributed by atoms with Crippen molar-refractivity contribution in [2.45, 2.75) is 0 Å². The average Bonchev–Trinajstić information content (AvgIpc) is 2.61. The highest BCUT2D eigenvalue weighted by atomic mass is 127. The summed E-state index contributed by atoms with van der Waals surface area (Å²) >= 11 is 2.16. The summed E-state index contributed by atoms with van der Waals surface area (Å²) in [5.74, 6) is -1.18. The molecule has 126 valence electrons. The van der Waals surface area contributed by atoms with Gasteiger partial charge in [0.25, 0.3) is 5.91 Å². The number of carbonyl (C=O) groups is 2. The van der Waals surface area contributed by atoms with Gasteiger partial charge in [-0.1, -0.05) is 18.2 Å². The highest BCUT2D eigenvalue weighted by Crippen LogP contribution is 2.15. The Morgan fingerprint density at radius 2 is 1.80 bits per heavy atom. The maximum absolute atomic E-state index is 12.3. The van der Waals surface area contributed by atoms with Crippen molar-refractivity contribution in [3.63, 3.8) is 0 Å². The predicted molar refractivity (Wildman–Crippen MR) is 103 cm³/mol. The zero-order chi connectivity index (χ0) is 17.8. The largest absolute Gasteiger partial charge is 0.452 e. The fourth-order valence-corrected chi connectivity index (χ4v) is 2.67. The third kappa shape index (κ3) is 4.24. The molecule has 3 rings (SSSR count). The molecule has 0 aliphatic heterocycles. The van der Waals surface area contributed by atoms with E-state index < -0.39 is 24.0 Å². The van der Waals surface area contributed by atoms with Crippen LogP contribution in [-0.2, 0) is 9.53 Å². The van der Waals surface area contributed by atoms with Gasteiger partial charge in [0.2, 0.25) is 5.56 Å². The first kappa shape index (κ1) is 17.2. The maximum atomic E-state index is 12.3. The Morgan fingerprint density at radius 3 is 2.56 bits per heavy atom. The van der Waals surface area contributed by atoms with Gasteiger partial charge in [-0.2, -0.15) is 0 Å². The minimum absolute atomic E-state index is 0.126. The smallest absolute Gasteiger partial charge is 0.339 e. The lowest BCUT2D eigenvalue weighted by molar-refractivity contribution is -0.119. The number of aromatic nitrogens is 1. The normalized spacial score (nSPS) is 10.4. The first-order valence-electron chi connectivity index (χ1n) is 7.37. The number of H-pyrrole nitrogens is 1. The lowest BCUT2D eigenvalue weighted by Crippen LogP contribution is -2.21. The van der Waals surface area contributed by atoms with E-state index in [4.69, 9.17) is 4.74 Å². The molecule has 0 fully saturated rings. The van der Waals surface area contributed by atoms with Crippen molar-refractivity contribution in [2.24, 2.45) is 0 Å². The third-order valence-electron chi connectivity index (χ3n) is 3.43. The number of pyridine rings is 1. The van der Waals surface area contributed by atoms with Crippen LogP contribution in [0, 0.1) is 3.57 Å². The number of halogens is 1. The Bertz CT molecular complexity index is 996. The SMILES string of the molecule is O=C(COC(=O)c1cc(=O)[nH]c2ccccc12)Nc1ccc(I)cc1. The van der Waals surface area contributed by atoms with E-state index in [0.29, 0.717) is 16.6 Å². The number of benzene rings is 2. The summed E-state index contributed by atoms with van der Waals surface area (Å²) in [4.78, 5) is 38.5. The van der Waals surface area contributed by atoms with Crippen LogP contribution in [0.25, 0.3) is 10.9 Å². The highest BCUT2D eigenvalue weighted by Gasteiger charge is 2.14. The van der Waals surface area contributed by atoms with E-state index in [1.165, 1.54) is 6.07 Å². The average molecular weight is 448 g/mol. The first-order valence-corrected chi connectivity index (χ1v) is 8.45. The second-order valence-corrected chi connectivity index (χ2v) is 6.47. The Labute approximate surface area is 156 Å². The number of para-hydroxylation sites is 1. The summed E-state index contributed by atoms with van der Waals surface area (Å²) in [6.45, 7) is -0.439. The molecule has 1 heterocycles. The number of hydrogen-bond acceptors (Lipinski definition) is 4. The standard InChI is InChI=1S/C18H13IN2O4/c19-11-5-7-12(8-6-11)20-17(23)10-25-18(24)14-9-16(22)21-15-4-2-1-3-13(14)15/h1-9H,10H2,(H,20,23)(H,21,22). The number of hydrogen-bond donors (Lipinski definition) is 2. The van der Waals surface area contributed by atoms with Crippen LogP contribution >= 0.6 is 22.6 Å². The van der Waals surface area contributed by atoms with Gasteiger partial charge < -0.3 is 15.0 Å². The van der Waals surface area contributed by atoms with Gasteiger partial charge in [0.15, 0.2) is 6.61 Å². The molecule has 0 saturated carbocycles. The molecule has 1 aromatic heterocycles. The molecule has 0 radical (unpaired) electrons. The number of esters is 1. The molecule has 7 heteroatoms. The molecule has 2 aromatic carbocycles. The second-order valence-electron chi connectivity index (χ2n) is 5.22. The molecular formula is C18H13IN2O4. The first-order chi connectivity index (χ1) is 12.0. The van der Waals surface area contributed by atoms with Gasteiger partial charge in [-0.05, 0) is 52.9 Å². The summed E-state index contributed by atoms with van der Waals surface area (Å²) in [6, 6.07) is 15.3. The van der Waals surface area contributed by atoms with Crippen LogP contribution in [-0.4, -0.2) is 23.5 Å². The van der Waals surface area contributed by atoms with Crippen molar-refractivity contribution in [2.75, 3.05) is 11.9 Å². The molecule has 1 amide bonds. The monoisotopic (exact) mass is 448 g/mol. The van der Waals surface area contributed by atoms with Crippen molar-refractivity contribution in [1.29, 1.82) is 0 Å². The van der Waals surface area contributed by atoms with E-state index in [0.717, 1.165) is 3.57 Å². The van der Waals surface area contributed by atoms with Gasteiger partial charge in [-0.3, -0.25) is 9.59 Å². The zero-order valence-electron chi connectivity index (χ0n) is 12.9. The molecule has 0 aliphatic carbocycles. The molecule has 25 heavy (non-hydrogen) atoms. The summed E-state index contributed by atoms with van der Waals surface area (Å²) in [5, 5.41) is 3.20. The number of fused-ring (bicyclic) bond motifs is 1. The molecular weight excluding hydrogens is 435 g/mol. The fourth-order valence-electron chi connectivity index (χ4n) is 2.31. The number of carbonyl (C=O) groups excluding carboxylic acids is 2. The summed E-state index contributed by atoms with van der Waals surface area (Å²) in [5.41, 5.74) is 0.865. The molecule has 3 aromatic rings. The molecule has 2 N–H and O–H groups in total. The van der Waals surface area contributed by atoms with Crippen LogP contribution in [0.1, 0.15) is 10.4 Å². The highest BCUT2D eigenvalue weighted by molar-refractivity contribution is 14.1. The minimum atomic E-state index is -0.722. The van der Waals surface area contributed by atoms with Crippen LogP contribution in [0.4, 0.5) is 5.69 Å². The van der Waals surface area contributed by atoms with Gasteiger partial charge in [-0.15, -0.1) is 0 Å². The molecule has 0 spiro atoms. The lowest BCUT2D eigenvalue weighted by Gasteiger charge is -2.08. The summed E-state index contributed by atoms with van der Waals surface area (Å²) in [7, 11) is 0. The van der Waals surface area contributed by atoms with E-state index in [2.05, 4.69) is 32.9 Å². The van der Waals surface area contributed by atoms with Gasteiger partial charge in [0.05, 0.1) is 5.56 Å². The topological polar surface area (TPSA) is 88.3 Å². The van der Waals surface area contributed by atoms with E-state index in [1.54, 1.807) is 36.4 Å². The number of amides is 1. The Hall–Kier alpha value is -2.68. The van der Waals surface area contributed by atoms with Crippen molar-refractivity contribution in [1.82, 2.24) is 4.98 Å². The molecule has 0 unspecified atom stereocenters. The van der Waals surface area contributed by atoms with Crippen LogP contribution in [0.2, 0.25) is 0 Å². The van der Waals surface area contributed by atoms with Crippen molar-refractivity contribution in [3.8, 4) is 0 Å². The number of aromatic amines is 1. The van der Waals surface area contributed by atoms with Gasteiger partial charge in [0, 0.05) is 26.2 Å². The van der Waals surface area contributed by atoms with Gasteiger partial charge >= 0.3 is 5.97 Å². The molecule has 0 atom stereocenters. The zero-order valence-corrected chi connectivity index (χ0v) is 15.1. The van der Waals surface area contributed by atoms with Crippen LogP contribution < -0.4 is 10.9 Å². The van der Waals surface area contributed by atoms with E-state index in [1.807, 2.05) is 12.1 Å². The number of nitrogens with one attached hydrogen (secondary N) is 2. The fraction of sp³-hybridized carbons (Fsp3) is 0.0556. The van der Waals surface area contributed by atoms with Crippen molar-refractivity contribution in [3.05, 3.63) is 74.1 Å². The number of anilines is 1. The minimum Gasteiger partial charge on any atom is -0.452 e. The maximum Gasteiger partial charge on any atom is 0.339 e. The quantitative estimate of drug-likeness (QED) is 0.475. The van der Waals surface area contributed by atoms with Crippen LogP contribution in [0.3, 0.4) is 0 Å². The molecule has 0 bridgehead atoms. The summed E-state index contributed by atoms with van der Waals surface area (Å²) in [6.07, 6.45) is 0. The number of ether oxygens (including phenoxy) is 1. The van der Waals surface area contributed by atoms with Crippen molar-refractivity contribution < 1.29 is 14.3 Å². The molecule has 6 nitrogen and oxygen atoms in total. The summed E-state index contributed by atoms with van der Waals surface area (Å²) < 4.78 is 6.09. The van der Waals surface area contributed by atoms with E-state index in [-0.39, 0.29) is 5.56 Å². The van der Waals surface area contributed by atoms with Crippen LogP contribution in [0.15, 0.2) is 59.4 Å². The van der Waals surface area contributed by atoms with E-state index >= 15 is 0 Å². The van der Waals surface area contributed by atoms with Crippen LogP contribution in [0.5, 0.6) is 0 Å². The molecule has 0 aliphatic rings. The van der Waals surface area contributed by atoms with Gasteiger partial charge in [-0.25, -0.2) is 4.79 Å². The second kappa shape index (κ2) is 7.47. The Balaban J connectivity index is 1.69. The van der Waals surface area contributed by atoms with Crippen molar-refractivity contribution >= 4 is 51.1 Å². The Morgan fingerprint density at radius 1 is 1.08 bits per heavy atom.